The van der Waals surface area contributed by atoms with Crippen molar-refractivity contribution < 1.29 is 9.59 Å². The number of benzene rings is 1. The molecule has 1 saturated heterocycles. The molecule has 4 nitrogen and oxygen atoms in total. The zero-order valence-corrected chi connectivity index (χ0v) is 7.99. The van der Waals surface area contributed by atoms with Crippen LogP contribution in [0.3, 0.4) is 0 Å². The minimum atomic E-state index is -0.251. The van der Waals surface area contributed by atoms with Crippen LogP contribution in [-0.4, -0.2) is 18.4 Å². The zero-order chi connectivity index (χ0) is 10.7. The van der Waals surface area contributed by atoms with E-state index in [1.807, 2.05) is 30.3 Å². The average molecular weight is 202 g/mol. The van der Waals surface area contributed by atoms with Crippen molar-refractivity contribution in [3.8, 4) is 0 Å². The second kappa shape index (κ2) is 3.96. The van der Waals surface area contributed by atoms with Gasteiger partial charge in [0.15, 0.2) is 0 Å². The van der Waals surface area contributed by atoms with E-state index in [-0.39, 0.29) is 24.1 Å². The van der Waals surface area contributed by atoms with Crippen LogP contribution in [0.5, 0.6) is 0 Å². The van der Waals surface area contributed by atoms with Gasteiger partial charge in [-0.2, -0.15) is 0 Å². The fraction of sp³-hybridized carbons (Fsp3) is 0.0909. The summed E-state index contributed by atoms with van der Waals surface area (Å²) in [7, 11) is 0. The number of hydrogen-bond acceptors (Lipinski definition) is 2. The Balaban J connectivity index is 2.25. The van der Waals surface area contributed by atoms with Gasteiger partial charge in [-0.15, -0.1) is 0 Å². The van der Waals surface area contributed by atoms with Gasteiger partial charge in [-0.3, -0.25) is 9.59 Å². The van der Waals surface area contributed by atoms with Crippen LogP contribution in [0.4, 0.5) is 0 Å². The zero-order valence-electron chi connectivity index (χ0n) is 7.99. The summed E-state index contributed by atoms with van der Waals surface area (Å²) in [6.07, 6.45) is 1.65. The molecule has 0 saturated carbocycles. The van der Waals surface area contributed by atoms with Crippen molar-refractivity contribution in [2.45, 2.75) is 0 Å². The summed E-state index contributed by atoms with van der Waals surface area (Å²) in [5, 5.41) is 5.01. The smallest absolute Gasteiger partial charge is 0.268 e. The Morgan fingerprint density at radius 2 is 1.87 bits per heavy atom. The van der Waals surface area contributed by atoms with E-state index in [0.29, 0.717) is 0 Å². The Hall–Kier alpha value is -2.10. The third-order valence-corrected chi connectivity index (χ3v) is 2.04. The van der Waals surface area contributed by atoms with Crippen molar-refractivity contribution in [3.63, 3.8) is 0 Å². The number of hydrogen-bond donors (Lipinski definition) is 2. The van der Waals surface area contributed by atoms with Gasteiger partial charge in [-0.25, -0.2) is 0 Å². The molecule has 4 heteroatoms. The number of amides is 2. The first-order valence-electron chi connectivity index (χ1n) is 4.60. The molecule has 1 aliphatic rings. The molecule has 2 N–H and O–H groups in total. The summed E-state index contributed by atoms with van der Waals surface area (Å²) >= 11 is 0. The Bertz CT molecular complexity index is 423. The minimum Gasteiger partial charge on any atom is -0.342 e. The van der Waals surface area contributed by atoms with Crippen molar-refractivity contribution in [1.29, 1.82) is 0 Å². The summed E-state index contributed by atoms with van der Waals surface area (Å²) < 4.78 is 0. The molecule has 2 rings (SSSR count). The van der Waals surface area contributed by atoms with Gasteiger partial charge in [0.1, 0.15) is 5.70 Å². The summed E-state index contributed by atoms with van der Waals surface area (Å²) in [6.45, 7) is 0.0466. The molecule has 1 fully saturated rings. The number of piperazine rings is 1. The van der Waals surface area contributed by atoms with Crippen molar-refractivity contribution >= 4 is 17.9 Å². The van der Waals surface area contributed by atoms with Crippen LogP contribution in [0.15, 0.2) is 36.0 Å². The topological polar surface area (TPSA) is 58.2 Å². The number of rotatable bonds is 1. The lowest BCUT2D eigenvalue weighted by molar-refractivity contribution is -0.127. The molecule has 2 amide bonds. The standard InChI is InChI=1S/C11H10N2O2/c14-10-7-12-11(15)9(13-10)6-8-4-2-1-3-5-8/h1-6H,7H2,(H,12,15)(H,13,14)/b9-6-. The Labute approximate surface area is 87.0 Å². The van der Waals surface area contributed by atoms with Crippen LogP contribution in [0.25, 0.3) is 6.08 Å². The fourth-order valence-electron chi connectivity index (χ4n) is 1.32. The predicted octanol–water partition coefficient (Wildman–Crippen LogP) is 0.274. The SMILES string of the molecule is O=C1CNC(=O)/C(=C/c2ccccc2)N1. The maximum atomic E-state index is 11.4. The summed E-state index contributed by atoms with van der Waals surface area (Å²) in [6, 6.07) is 9.35. The molecule has 0 aliphatic carbocycles. The molecule has 0 radical (unpaired) electrons. The lowest BCUT2D eigenvalue weighted by atomic mass is 10.1. The third kappa shape index (κ3) is 2.22. The Morgan fingerprint density at radius 3 is 2.60 bits per heavy atom. The summed E-state index contributed by atoms with van der Waals surface area (Å²) in [5.41, 5.74) is 1.17. The second-order valence-corrected chi connectivity index (χ2v) is 3.20. The van der Waals surface area contributed by atoms with Gasteiger partial charge in [0.25, 0.3) is 5.91 Å². The molecule has 0 bridgehead atoms. The van der Waals surface area contributed by atoms with Crippen LogP contribution in [0.2, 0.25) is 0 Å². The van der Waals surface area contributed by atoms with Gasteiger partial charge in [0.05, 0.1) is 6.54 Å². The van der Waals surface area contributed by atoms with Gasteiger partial charge in [-0.1, -0.05) is 30.3 Å². The third-order valence-electron chi connectivity index (χ3n) is 2.04. The summed E-state index contributed by atoms with van der Waals surface area (Å²) in [5.74, 6) is -0.449. The molecule has 15 heavy (non-hydrogen) atoms. The average Bonchev–Trinajstić information content (AvgIpc) is 2.25. The molecule has 0 unspecified atom stereocenters. The van der Waals surface area contributed by atoms with E-state index in [2.05, 4.69) is 10.6 Å². The van der Waals surface area contributed by atoms with Gasteiger partial charge < -0.3 is 10.6 Å². The molecule has 1 aromatic carbocycles. The highest BCUT2D eigenvalue weighted by Gasteiger charge is 2.18. The number of carbonyl (C=O) groups is 2. The lowest BCUT2D eigenvalue weighted by Gasteiger charge is -2.15. The van der Waals surface area contributed by atoms with E-state index in [4.69, 9.17) is 0 Å². The van der Waals surface area contributed by atoms with Gasteiger partial charge in [0.2, 0.25) is 5.91 Å². The first-order valence-corrected chi connectivity index (χ1v) is 4.60. The first kappa shape index (κ1) is 9.45. The van der Waals surface area contributed by atoms with Crippen molar-refractivity contribution in [3.05, 3.63) is 41.6 Å². The van der Waals surface area contributed by atoms with E-state index >= 15 is 0 Å². The van der Waals surface area contributed by atoms with Crippen LogP contribution in [0.1, 0.15) is 5.56 Å². The van der Waals surface area contributed by atoms with Gasteiger partial charge >= 0.3 is 0 Å². The molecule has 0 atom stereocenters. The summed E-state index contributed by atoms with van der Waals surface area (Å²) in [4.78, 5) is 22.4. The van der Waals surface area contributed by atoms with Crippen LogP contribution in [0, 0.1) is 0 Å². The Kier molecular flexibility index (Phi) is 2.49. The van der Waals surface area contributed by atoms with E-state index in [1.54, 1.807) is 6.08 Å². The molecular weight excluding hydrogens is 192 g/mol. The normalized spacial score (nSPS) is 18.5. The number of nitrogens with one attached hydrogen (secondary N) is 2. The van der Waals surface area contributed by atoms with Gasteiger partial charge in [0, 0.05) is 0 Å². The van der Waals surface area contributed by atoms with Crippen molar-refractivity contribution in [2.75, 3.05) is 6.54 Å². The monoisotopic (exact) mass is 202 g/mol. The van der Waals surface area contributed by atoms with Gasteiger partial charge in [-0.05, 0) is 11.6 Å². The van der Waals surface area contributed by atoms with E-state index in [1.165, 1.54) is 0 Å². The minimum absolute atomic E-state index is 0.0466. The largest absolute Gasteiger partial charge is 0.342 e. The second-order valence-electron chi connectivity index (χ2n) is 3.20. The molecule has 1 aliphatic heterocycles. The predicted molar refractivity (Wildman–Crippen MR) is 55.6 cm³/mol. The first-order chi connectivity index (χ1) is 7.25. The highest BCUT2D eigenvalue weighted by atomic mass is 16.2. The maximum Gasteiger partial charge on any atom is 0.268 e. The van der Waals surface area contributed by atoms with Crippen LogP contribution in [-0.2, 0) is 9.59 Å². The lowest BCUT2D eigenvalue weighted by Crippen LogP contribution is -2.46. The van der Waals surface area contributed by atoms with E-state index < -0.39 is 0 Å². The van der Waals surface area contributed by atoms with E-state index in [9.17, 15) is 9.59 Å². The molecular formula is C11H10N2O2. The molecule has 76 valence electrons. The highest BCUT2D eigenvalue weighted by Crippen LogP contribution is 2.06. The molecule has 0 spiro atoms. The van der Waals surface area contributed by atoms with E-state index in [0.717, 1.165) is 5.56 Å². The fourth-order valence-corrected chi connectivity index (χ4v) is 1.32. The quantitative estimate of drug-likeness (QED) is 0.642. The van der Waals surface area contributed by atoms with Crippen molar-refractivity contribution in [1.82, 2.24) is 10.6 Å². The Morgan fingerprint density at radius 1 is 1.13 bits per heavy atom. The maximum absolute atomic E-state index is 11.4. The molecule has 0 aromatic heterocycles. The van der Waals surface area contributed by atoms with Crippen molar-refractivity contribution in [2.24, 2.45) is 0 Å². The number of carbonyl (C=O) groups excluding carboxylic acids is 2. The molecule has 1 heterocycles. The highest BCUT2D eigenvalue weighted by molar-refractivity contribution is 6.05. The molecule has 1 aromatic rings. The van der Waals surface area contributed by atoms with Crippen LogP contribution >= 0.6 is 0 Å². The van der Waals surface area contributed by atoms with Crippen LogP contribution < -0.4 is 10.6 Å².